The normalized spacial score (nSPS) is 10.8. The molecule has 0 aliphatic heterocycles. The van der Waals surface area contributed by atoms with Crippen molar-refractivity contribution in [1.29, 1.82) is 0 Å². The number of hydrogen-bond acceptors (Lipinski definition) is 3. The van der Waals surface area contributed by atoms with E-state index in [2.05, 4.69) is 20.9 Å². The number of rotatable bonds is 2. The summed E-state index contributed by atoms with van der Waals surface area (Å²) in [6.07, 6.45) is 1.70. The zero-order chi connectivity index (χ0) is 15.0. The van der Waals surface area contributed by atoms with Crippen LogP contribution >= 0.6 is 15.9 Å². The van der Waals surface area contributed by atoms with Gasteiger partial charge < -0.3 is 10.5 Å². The van der Waals surface area contributed by atoms with E-state index in [0.717, 1.165) is 20.9 Å². The molecular formula is C16H12BrFN2O. The molecule has 0 fully saturated rings. The van der Waals surface area contributed by atoms with Crippen LogP contribution in [0.2, 0.25) is 0 Å². The van der Waals surface area contributed by atoms with Crippen molar-refractivity contribution in [2.24, 2.45) is 0 Å². The molecule has 0 atom stereocenters. The van der Waals surface area contributed by atoms with E-state index in [-0.39, 0.29) is 5.75 Å². The fourth-order valence-electron chi connectivity index (χ4n) is 2.10. The van der Waals surface area contributed by atoms with E-state index in [4.69, 9.17) is 10.5 Å². The van der Waals surface area contributed by atoms with Gasteiger partial charge in [0.25, 0.3) is 0 Å². The van der Waals surface area contributed by atoms with Crippen LogP contribution in [0.25, 0.3) is 10.8 Å². The molecular weight excluding hydrogens is 335 g/mol. The number of benzene rings is 2. The summed E-state index contributed by atoms with van der Waals surface area (Å²) in [5.41, 5.74) is 7.40. The van der Waals surface area contributed by atoms with E-state index in [9.17, 15) is 4.39 Å². The number of pyridine rings is 1. The van der Waals surface area contributed by atoms with Gasteiger partial charge in [-0.25, -0.2) is 4.39 Å². The van der Waals surface area contributed by atoms with Crippen LogP contribution < -0.4 is 10.5 Å². The zero-order valence-corrected chi connectivity index (χ0v) is 12.8. The van der Waals surface area contributed by atoms with Crippen LogP contribution in [0.1, 0.15) is 5.69 Å². The number of nitrogens with zero attached hydrogens (tertiary/aromatic N) is 1. The standard InChI is InChI=1S/C16H12BrFN2O/c1-9-6-11-12(8-20-9)14(19)4-5-15(11)21-16-7-10(17)2-3-13(16)18/h2-8H,19H2,1H3. The first kappa shape index (κ1) is 13.8. The average molecular weight is 347 g/mol. The molecule has 0 saturated carbocycles. The summed E-state index contributed by atoms with van der Waals surface area (Å²) < 4.78 is 20.3. The minimum Gasteiger partial charge on any atom is -0.454 e. The molecule has 0 aliphatic rings. The minimum absolute atomic E-state index is 0.157. The maximum atomic E-state index is 13.8. The van der Waals surface area contributed by atoms with E-state index in [0.29, 0.717) is 11.4 Å². The second kappa shape index (κ2) is 5.33. The number of aryl methyl sites for hydroxylation is 1. The average Bonchev–Trinajstić information content (AvgIpc) is 2.46. The Labute approximate surface area is 129 Å². The predicted molar refractivity (Wildman–Crippen MR) is 85.1 cm³/mol. The second-order valence-corrected chi connectivity index (χ2v) is 5.62. The number of halogens is 2. The molecule has 0 amide bonds. The Morgan fingerprint density at radius 1 is 1.10 bits per heavy atom. The van der Waals surface area contributed by atoms with E-state index >= 15 is 0 Å². The highest BCUT2D eigenvalue weighted by Crippen LogP contribution is 2.35. The van der Waals surface area contributed by atoms with Crippen LogP contribution in [-0.4, -0.2) is 4.98 Å². The van der Waals surface area contributed by atoms with Gasteiger partial charge in [-0.1, -0.05) is 15.9 Å². The van der Waals surface area contributed by atoms with Crippen LogP contribution in [0.4, 0.5) is 10.1 Å². The first-order chi connectivity index (χ1) is 10.0. The number of aromatic nitrogens is 1. The van der Waals surface area contributed by atoms with Crippen LogP contribution in [-0.2, 0) is 0 Å². The number of fused-ring (bicyclic) bond motifs is 1. The molecule has 2 N–H and O–H groups in total. The number of ether oxygens (including phenoxy) is 1. The van der Waals surface area contributed by atoms with Gasteiger partial charge in [0.2, 0.25) is 0 Å². The van der Waals surface area contributed by atoms with Crippen LogP contribution in [0.15, 0.2) is 47.1 Å². The molecule has 21 heavy (non-hydrogen) atoms. The monoisotopic (exact) mass is 346 g/mol. The van der Waals surface area contributed by atoms with Gasteiger partial charge in [-0.15, -0.1) is 0 Å². The Hall–Kier alpha value is -2.14. The second-order valence-electron chi connectivity index (χ2n) is 4.70. The first-order valence-corrected chi connectivity index (χ1v) is 7.11. The summed E-state index contributed by atoms with van der Waals surface area (Å²) in [7, 11) is 0. The third-order valence-corrected chi connectivity index (χ3v) is 3.64. The third kappa shape index (κ3) is 2.69. The zero-order valence-electron chi connectivity index (χ0n) is 11.2. The first-order valence-electron chi connectivity index (χ1n) is 6.32. The Kier molecular flexibility index (Phi) is 3.51. The Balaban J connectivity index is 2.14. The van der Waals surface area contributed by atoms with Crippen LogP contribution in [0, 0.1) is 12.7 Å². The quantitative estimate of drug-likeness (QED) is 0.676. The molecule has 1 heterocycles. The van der Waals surface area contributed by atoms with Gasteiger partial charge in [0.1, 0.15) is 5.75 Å². The fourth-order valence-corrected chi connectivity index (χ4v) is 2.44. The Morgan fingerprint density at radius 3 is 2.71 bits per heavy atom. The smallest absolute Gasteiger partial charge is 0.165 e. The molecule has 106 valence electrons. The topological polar surface area (TPSA) is 48.1 Å². The van der Waals surface area contributed by atoms with Crippen LogP contribution in [0.5, 0.6) is 11.5 Å². The van der Waals surface area contributed by atoms with E-state index < -0.39 is 5.82 Å². The lowest BCUT2D eigenvalue weighted by Gasteiger charge is -2.11. The Morgan fingerprint density at radius 2 is 1.90 bits per heavy atom. The molecule has 5 heteroatoms. The van der Waals surface area contributed by atoms with Crippen molar-refractivity contribution in [3.05, 3.63) is 58.6 Å². The Bertz CT molecular complexity index is 836. The van der Waals surface area contributed by atoms with Crippen molar-refractivity contribution >= 4 is 32.4 Å². The van der Waals surface area contributed by atoms with Crippen molar-refractivity contribution in [1.82, 2.24) is 4.98 Å². The highest BCUT2D eigenvalue weighted by atomic mass is 79.9. The number of nitrogens with two attached hydrogens (primary N) is 1. The molecule has 2 aromatic carbocycles. The summed E-state index contributed by atoms with van der Waals surface area (Å²) in [5.74, 6) is 0.278. The van der Waals surface area contributed by atoms with Crippen molar-refractivity contribution in [3.63, 3.8) is 0 Å². The predicted octanol–water partition coefficient (Wildman–Crippen LogP) is 4.82. The van der Waals surface area contributed by atoms with Gasteiger partial charge >= 0.3 is 0 Å². The van der Waals surface area contributed by atoms with Gasteiger partial charge in [-0.2, -0.15) is 0 Å². The lowest BCUT2D eigenvalue weighted by atomic mass is 10.1. The largest absolute Gasteiger partial charge is 0.454 e. The van der Waals surface area contributed by atoms with Gasteiger partial charge in [0, 0.05) is 32.8 Å². The van der Waals surface area contributed by atoms with Gasteiger partial charge in [-0.05, 0) is 43.3 Å². The van der Waals surface area contributed by atoms with Gasteiger partial charge in [0.05, 0.1) is 0 Å². The summed E-state index contributed by atoms with van der Waals surface area (Å²) in [6.45, 7) is 1.88. The molecule has 0 spiro atoms. The van der Waals surface area contributed by atoms with Gasteiger partial charge in [-0.3, -0.25) is 4.98 Å². The fraction of sp³-hybridized carbons (Fsp3) is 0.0625. The number of nitrogen functional groups attached to an aromatic ring is 1. The third-order valence-electron chi connectivity index (χ3n) is 3.14. The maximum absolute atomic E-state index is 13.8. The minimum atomic E-state index is -0.422. The molecule has 3 nitrogen and oxygen atoms in total. The molecule has 0 saturated heterocycles. The van der Waals surface area contributed by atoms with Crippen molar-refractivity contribution < 1.29 is 9.13 Å². The van der Waals surface area contributed by atoms with Crippen molar-refractivity contribution in [2.75, 3.05) is 5.73 Å². The van der Waals surface area contributed by atoms with Crippen molar-refractivity contribution in [2.45, 2.75) is 6.92 Å². The summed E-state index contributed by atoms with van der Waals surface area (Å²) in [6, 6.07) is 9.90. The SMILES string of the molecule is Cc1cc2c(Oc3cc(Br)ccc3F)ccc(N)c2cn1. The van der Waals surface area contributed by atoms with Gasteiger partial charge in [0.15, 0.2) is 11.6 Å². The molecule has 3 rings (SSSR count). The summed E-state index contributed by atoms with van der Waals surface area (Å²) >= 11 is 3.31. The lowest BCUT2D eigenvalue weighted by Crippen LogP contribution is -1.94. The molecule has 0 unspecified atom stereocenters. The maximum Gasteiger partial charge on any atom is 0.165 e. The number of hydrogen-bond donors (Lipinski definition) is 1. The molecule has 0 radical (unpaired) electrons. The van der Waals surface area contributed by atoms with Crippen molar-refractivity contribution in [3.8, 4) is 11.5 Å². The highest BCUT2D eigenvalue weighted by Gasteiger charge is 2.10. The van der Waals surface area contributed by atoms with E-state index in [1.54, 1.807) is 30.5 Å². The summed E-state index contributed by atoms with van der Waals surface area (Å²) in [4.78, 5) is 4.23. The van der Waals surface area contributed by atoms with E-state index in [1.165, 1.54) is 6.07 Å². The molecule has 3 aromatic rings. The summed E-state index contributed by atoms with van der Waals surface area (Å²) in [5, 5.41) is 1.59. The molecule has 0 bridgehead atoms. The molecule has 0 aliphatic carbocycles. The van der Waals surface area contributed by atoms with Crippen LogP contribution in [0.3, 0.4) is 0 Å². The highest BCUT2D eigenvalue weighted by molar-refractivity contribution is 9.10. The lowest BCUT2D eigenvalue weighted by molar-refractivity contribution is 0.446. The van der Waals surface area contributed by atoms with E-state index in [1.807, 2.05) is 13.0 Å². The number of anilines is 1. The molecule has 1 aromatic heterocycles.